The van der Waals surface area contributed by atoms with Gasteiger partial charge in [-0.25, -0.2) is 0 Å². The van der Waals surface area contributed by atoms with Gasteiger partial charge in [0.05, 0.1) is 5.69 Å². The van der Waals surface area contributed by atoms with Gasteiger partial charge in [-0.1, -0.05) is 115 Å². The molecule has 0 spiro atoms. The average Bonchev–Trinajstić information content (AvgIpc) is 3.77. The predicted octanol–water partition coefficient (Wildman–Crippen LogP) is 14.6. The van der Waals surface area contributed by atoms with Crippen molar-refractivity contribution in [1.29, 1.82) is 0 Å². The largest absolute Gasteiger partial charge is 0.455 e. The SMILES string of the molecule is c1ccc2cc(-c3ccc(N(c4ccc5sc6ccc7c(oc8ccc9ccccc9c87)c6c5c4)c4cccc5ccccc45)cc3)ccc2c1. The van der Waals surface area contributed by atoms with Crippen LogP contribution in [0, 0.1) is 0 Å². The smallest absolute Gasteiger partial charge is 0.144 e. The average molecular weight is 668 g/mol. The van der Waals surface area contributed by atoms with Crippen molar-refractivity contribution in [2.75, 3.05) is 4.90 Å². The molecule has 0 amide bonds. The summed E-state index contributed by atoms with van der Waals surface area (Å²) in [5, 5.41) is 12.1. The Hall–Kier alpha value is -6.42. The molecule has 0 saturated heterocycles. The molecule has 11 aromatic rings. The van der Waals surface area contributed by atoms with E-state index in [2.05, 4.69) is 181 Å². The van der Waals surface area contributed by atoms with Gasteiger partial charge < -0.3 is 9.32 Å². The van der Waals surface area contributed by atoms with Gasteiger partial charge in [0.2, 0.25) is 0 Å². The summed E-state index contributed by atoms with van der Waals surface area (Å²) >= 11 is 1.83. The number of rotatable bonds is 4. The Morgan fingerprint density at radius 3 is 1.92 bits per heavy atom. The third-order valence-electron chi connectivity index (χ3n) is 10.4. The van der Waals surface area contributed by atoms with Gasteiger partial charge in [-0.2, -0.15) is 0 Å². The molecule has 238 valence electrons. The fourth-order valence-electron chi connectivity index (χ4n) is 7.99. The molecule has 2 nitrogen and oxygen atoms in total. The van der Waals surface area contributed by atoms with E-state index in [-0.39, 0.29) is 0 Å². The van der Waals surface area contributed by atoms with Gasteiger partial charge in [0.25, 0.3) is 0 Å². The van der Waals surface area contributed by atoms with E-state index in [0.717, 1.165) is 33.6 Å². The Bertz CT molecular complexity index is 3140. The van der Waals surface area contributed by atoms with Crippen LogP contribution >= 0.6 is 11.3 Å². The first-order valence-corrected chi connectivity index (χ1v) is 18.1. The van der Waals surface area contributed by atoms with Gasteiger partial charge in [-0.05, 0) is 98.7 Å². The maximum Gasteiger partial charge on any atom is 0.144 e. The Kier molecular flexibility index (Phi) is 6.16. The number of fused-ring (bicyclic) bond motifs is 11. The van der Waals surface area contributed by atoms with Gasteiger partial charge in [0, 0.05) is 47.7 Å². The lowest BCUT2D eigenvalue weighted by molar-refractivity contribution is 0.673. The number of benzene rings is 9. The van der Waals surface area contributed by atoms with Crippen molar-refractivity contribution in [3.05, 3.63) is 176 Å². The quantitative estimate of drug-likeness (QED) is 0.186. The molecule has 0 aliphatic heterocycles. The summed E-state index contributed by atoms with van der Waals surface area (Å²) in [6.45, 7) is 0. The van der Waals surface area contributed by atoms with Gasteiger partial charge in [-0.15, -0.1) is 11.3 Å². The molecule has 9 aromatic carbocycles. The second kappa shape index (κ2) is 11.0. The monoisotopic (exact) mass is 667 g/mol. The summed E-state index contributed by atoms with van der Waals surface area (Å²) < 4.78 is 9.22. The topological polar surface area (TPSA) is 16.4 Å². The zero-order valence-corrected chi connectivity index (χ0v) is 28.3. The van der Waals surface area contributed by atoms with E-state index >= 15 is 0 Å². The van der Waals surface area contributed by atoms with E-state index in [9.17, 15) is 0 Å². The molecule has 2 aromatic heterocycles. The van der Waals surface area contributed by atoms with Crippen LogP contribution in [0.5, 0.6) is 0 Å². The van der Waals surface area contributed by atoms with Crippen molar-refractivity contribution in [1.82, 2.24) is 0 Å². The summed E-state index contributed by atoms with van der Waals surface area (Å²) in [5.74, 6) is 0. The maximum atomic E-state index is 6.74. The number of hydrogen-bond acceptors (Lipinski definition) is 3. The molecule has 0 bridgehead atoms. The molecule has 0 unspecified atom stereocenters. The van der Waals surface area contributed by atoms with Gasteiger partial charge in [-0.3, -0.25) is 0 Å². The first-order chi connectivity index (χ1) is 25.3. The molecule has 2 heterocycles. The summed E-state index contributed by atoms with van der Waals surface area (Å²) in [4.78, 5) is 2.40. The van der Waals surface area contributed by atoms with Crippen LogP contribution in [0.25, 0.3) is 85.6 Å². The predicted molar refractivity (Wildman–Crippen MR) is 219 cm³/mol. The standard InChI is InChI=1S/C48H29NOS/c1-2-11-34-28-35(17-16-30(34)8-1)31-18-21-36(22-19-31)49(42-15-7-12-32-9-3-5-13-38(32)42)37-23-26-44-41(29-37)47-45(51-44)27-24-40-46-39-14-6-4-10-33(39)20-25-43(46)50-48(40)47/h1-29H. The molecular formula is C48H29NOS. The van der Waals surface area contributed by atoms with E-state index in [1.807, 2.05) is 11.3 Å². The summed E-state index contributed by atoms with van der Waals surface area (Å²) in [7, 11) is 0. The van der Waals surface area contributed by atoms with Crippen molar-refractivity contribution in [2.24, 2.45) is 0 Å². The zero-order valence-electron chi connectivity index (χ0n) is 27.5. The highest BCUT2D eigenvalue weighted by molar-refractivity contribution is 7.26. The molecule has 0 aliphatic carbocycles. The molecule has 51 heavy (non-hydrogen) atoms. The Morgan fingerprint density at radius 2 is 1.06 bits per heavy atom. The number of nitrogens with zero attached hydrogens (tertiary/aromatic N) is 1. The number of anilines is 3. The molecule has 11 rings (SSSR count). The fourth-order valence-corrected chi connectivity index (χ4v) is 9.08. The van der Waals surface area contributed by atoms with Gasteiger partial charge in [0.1, 0.15) is 11.2 Å². The molecule has 3 heteroatoms. The fraction of sp³-hybridized carbons (Fsp3) is 0. The molecule has 0 radical (unpaired) electrons. The van der Waals surface area contributed by atoms with E-state index < -0.39 is 0 Å². The highest BCUT2D eigenvalue weighted by Crippen LogP contribution is 2.46. The van der Waals surface area contributed by atoms with Crippen LogP contribution in [0.4, 0.5) is 17.1 Å². The minimum Gasteiger partial charge on any atom is -0.455 e. The highest BCUT2D eigenvalue weighted by Gasteiger charge is 2.20. The second-order valence-electron chi connectivity index (χ2n) is 13.3. The van der Waals surface area contributed by atoms with Gasteiger partial charge >= 0.3 is 0 Å². The first-order valence-electron chi connectivity index (χ1n) is 17.3. The number of hydrogen-bond donors (Lipinski definition) is 0. The summed E-state index contributed by atoms with van der Waals surface area (Å²) in [5.41, 5.74) is 7.65. The van der Waals surface area contributed by atoms with Crippen LogP contribution in [0.3, 0.4) is 0 Å². The van der Waals surface area contributed by atoms with Crippen LogP contribution in [-0.2, 0) is 0 Å². The maximum absolute atomic E-state index is 6.74. The Labute approximate surface area is 298 Å². The van der Waals surface area contributed by atoms with Gasteiger partial charge in [0.15, 0.2) is 0 Å². The van der Waals surface area contributed by atoms with Crippen LogP contribution in [0.1, 0.15) is 0 Å². The Balaban J connectivity index is 1.12. The van der Waals surface area contributed by atoms with E-state index in [1.165, 1.54) is 69.0 Å². The minimum atomic E-state index is 0.926. The summed E-state index contributed by atoms with van der Waals surface area (Å²) in [6.07, 6.45) is 0. The van der Waals surface area contributed by atoms with Crippen molar-refractivity contribution < 1.29 is 4.42 Å². The highest BCUT2D eigenvalue weighted by atomic mass is 32.1. The molecule has 0 aliphatic rings. The van der Waals surface area contributed by atoms with Crippen LogP contribution in [0.2, 0.25) is 0 Å². The Morgan fingerprint density at radius 1 is 0.392 bits per heavy atom. The van der Waals surface area contributed by atoms with Crippen LogP contribution in [0.15, 0.2) is 180 Å². The third kappa shape index (κ3) is 4.42. The minimum absolute atomic E-state index is 0.926. The molecule has 0 atom stereocenters. The van der Waals surface area contributed by atoms with Crippen LogP contribution < -0.4 is 4.90 Å². The first kappa shape index (κ1) is 28.4. The lowest BCUT2D eigenvalue weighted by Gasteiger charge is -2.27. The molecular weight excluding hydrogens is 639 g/mol. The van der Waals surface area contributed by atoms with Crippen molar-refractivity contribution in [3.63, 3.8) is 0 Å². The van der Waals surface area contributed by atoms with Crippen molar-refractivity contribution in [2.45, 2.75) is 0 Å². The lowest BCUT2D eigenvalue weighted by atomic mass is 10.0. The van der Waals surface area contributed by atoms with Crippen molar-refractivity contribution >= 4 is 103 Å². The van der Waals surface area contributed by atoms with Crippen molar-refractivity contribution in [3.8, 4) is 11.1 Å². The third-order valence-corrected chi connectivity index (χ3v) is 11.6. The van der Waals surface area contributed by atoms with E-state index in [0.29, 0.717) is 0 Å². The number of thiophene rings is 1. The molecule has 0 saturated carbocycles. The van der Waals surface area contributed by atoms with E-state index in [1.54, 1.807) is 0 Å². The number of furan rings is 1. The molecule has 0 fully saturated rings. The lowest BCUT2D eigenvalue weighted by Crippen LogP contribution is -2.10. The zero-order chi connectivity index (χ0) is 33.5. The van der Waals surface area contributed by atoms with Crippen LogP contribution in [-0.4, -0.2) is 0 Å². The molecule has 0 N–H and O–H groups in total. The second-order valence-corrected chi connectivity index (χ2v) is 14.4. The van der Waals surface area contributed by atoms with E-state index in [4.69, 9.17) is 4.42 Å². The normalized spacial score (nSPS) is 11.9. The summed E-state index contributed by atoms with van der Waals surface area (Å²) in [6, 6.07) is 63.8.